The van der Waals surface area contributed by atoms with Crippen molar-refractivity contribution in [2.45, 2.75) is 6.54 Å². The fourth-order valence-electron chi connectivity index (χ4n) is 1.88. The highest BCUT2D eigenvalue weighted by Gasteiger charge is 2.08. The van der Waals surface area contributed by atoms with E-state index in [4.69, 9.17) is 0 Å². The molecule has 2 aromatic heterocycles. The number of benzene rings is 1. The third-order valence-electron chi connectivity index (χ3n) is 2.77. The summed E-state index contributed by atoms with van der Waals surface area (Å²) in [4.78, 5) is 26.8. The van der Waals surface area contributed by atoms with Gasteiger partial charge in [0.15, 0.2) is 0 Å². The summed E-state index contributed by atoms with van der Waals surface area (Å²) >= 11 is 1.34. The van der Waals surface area contributed by atoms with Crippen LogP contribution in [-0.2, 0) is 6.54 Å². The van der Waals surface area contributed by atoms with Gasteiger partial charge < -0.3 is 4.98 Å². The van der Waals surface area contributed by atoms with Gasteiger partial charge in [0.05, 0.1) is 12.1 Å². The highest BCUT2D eigenvalue weighted by atomic mass is 32.1. The summed E-state index contributed by atoms with van der Waals surface area (Å²) in [5.41, 5.74) is 0.947. The fraction of sp³-hybridized carbons (Fsp3) is 0.0769. The van der Waals surface area contributed by atoms with Gasteiger partial charge >= 0.3 is 5.69 Å². The highest BCUT2D eigenvalue weighted by Crippen LogP contribution is 2.12. The average Bonchev–Trinajstić information content (AvgIpc) is 2.84. The molecule has 1 aromatic carbocycles. The van der Waals surface area contributed by atoms with Gasteiger partial charge in [0.1, 0.15) is 4.70 Å². The van der Waals surface area contributed by atoms with E-state index >= 15 is 0 Å². The number of hydrogen-bond acceptors (Lipinski definition) is 3. The topological polar surface area (TPSA) is 54.9 Å². The number of rotatable bonds is 2. The molecule has 0 aliphatic heterocycles. The van der Waals surface area contributed by atoms with Crippen LogP contribution in [0.1, 0.15) is 5.56 Å². The van der Waals surface area contributed by atoms with Crippen molar-refractivity contribution in [1.82, 2.24) is 9.55 Å². The first-order valence-corrected chi connectivity index (χ1v) is 6.38. The Bertz CT molecular complexity index is 799. The van der Waals surface area contributed by atoms with Crippen molar-refractivity contribution in [2.75, 3.05) is 0 Å². The SMILES string of the molecule is O=c1[nH]c2ccsc2c(=O)n1Cc1ccccc1. The first kappa shape index (κ1) is 11.0. The standard InChI is InChI=1S/C13H10N2O2S/c16-12-11-10(6-7-18-11)14-13(17)15(12)8-9-4-2-1-3-5-9/h1-7H,8H2,(H,14,17). The molecular weight excluding hydrogens is 248 g/mol. The van der Waals surface area contributed by atoms with E-state index in [0.717, 1.165) is 5.56 Å². The van der Waals surface area contributed by atoms with Gasteiger partial charge in [-0.15, -0.1) is 11.3 Å². The van der Waals surface area contributed by atoms with Crippen molar-refractivity contribution in [3.05, 3.63) is 68.2 Å². The number of hydrogen-bond donors (Lipinski definition) is 1. The van der Waals surface area contributed by atoms with Crippen LogP contribution in [0.15, 0.2) is 51.4 Å². The molecule has 0 aliphatic carbocycles. The molecule has 0 fully saturated rings. The Labute approximate surface area is 106 Å². The third-order valence-corrected chi connectivity index (χ3v) is 3.68. The second kappa shape index (κ2) is 4.27. The van der Waals surface area contributed by atoms with Crippen LogP contribution in [0.2, 0.25) is 0 Å². The lowest BCUT2D eigenvalue weighted by Crippen LogP contribution is -2.34. The van der Waals surface area contributed by atoms with Gasteiger partial charge in [-0.05, 0) is 17.0 Å². The van der Waals surface area contributed by atoms with Crippen LogP contribution in [0.25, 0.3) is 10.2 Å². The molecule has 3 aromatic rings. The summed E-state index contributed by atoms with van der Waals surface area (Å²) in [5.74, 6) is 0. The number of aromatic nitrogens is 2. The van der Waals surface area contributed by atoms with E-state index in [0.29, 0.717) is 16.8 Å². The van der Waals surface area contributed by atoms with Crippen LogP contribution in [0.3, 0.4) is 0 Å². The minimum absolute atomic E-state index is 0.229. The molecule has 4 nitrogen and oxygen atoms in total. The number of nitrogens with one attached hydrogen (secondary N) is 1. The summed E-state index contributed by atoms with van der Waals surface area (Å²) in [6.07, 6.45) is 0. The lowest BCUT2D eigenvalue weighted by molar-refractivity contribution is 0.713. The number of aromatic amines is 1. The maximum Gasteiger partial charge on any atom is 0.329 e. The molecule has 18 heavy (non-hydrogen) atoms. The Balaban J connectivity index is 2.18. The van der Waals surface area contributed by atoms with E-state index in [1.165, 1.54) is 15.9 Å². The molecule has 0 aliphatic rings. The van der Waals surface area contributed by atoms with E-state index in [-0.39, 0.29) is 11.2 Å². The van der Waals surface area contributed by atoms with Crippen molar-refractivity contribution in [3.8, 4) is 0 Å². The number of fused-ring (bicyclic) bond motifs is 1. The molecule has 90 valence electrons. The molecule has 0 amide bonds. The zero-order chi connectivity index (χ0) is 12.5. The molecule has 0 atom stereocenters. The van der Waals surface area contributed by atoms with Crippen LogP contribution in [0, 0.1) is 0 Å². The first-order valence-electron chi connectivity index (χ1n) is 5.50. The molecule has 0 spiro atoms. The molecule has 0 radical (unpaired) electrons. The summed E-state index contributed by atoms with van der Waals surface area (Å²) in [5, 5.41) is 1.80. The molecule has 0 saturated carbocycles. The zero-order valence-corrected chi connectivity index (χ0v) is 10.2. The van der Waals surface area contributed by atoms with E-state index in [2.05, 4.69) is 4.98 Å². The lowest BCUT2D eigenvalue weighted by atomic mass is 10.2. The molecule has 0 bridgehead atoms. The average molecular weight is 258 g/mol. The maximum absolute atomic E-state index is 12.2. The van der Waals surface area contributed by atoms with E-state index in [9.17, 15) is 9.59 Å². The predicted octanol–water partition coefficient (Wildman–Crippen LogP) is 1.80. The first-order chi connectivity index (χ1) is 8.75. The number of thiophene rings is 1. The monoisotopic (exact) mass is 258 g/mol. The molecule has 5 heteroatoms. The Morgan fingerprint density at radius 2 is 1.89 bits per heavy atom. The summed E-state index contributed by atoms with van der Waals surface area (Å²) < 4.78 is 1.82. The van der Waals surface area contributed by atoms with E-state index < -0.39 is 0 Å². The smallest absolute Gasteiger partial charge is 0.306 e. The Kier molecular flexibility index (Phi) is 2.60. The molecular formula is C13H10N2O2S. The second-order valence-corrected chi connectivity index (χ2v) is 4.89. The molecule has 1 N–H and O–H groups in total. The van der Waals surface area contributed by atoms with Crippen LogP contribution < -0.4 is 11.2 Å². The lowest BCUT2D eigenvalue weighted by Gasteiger charge is -2.04. The third kappa shape index (κ3) is 1.78. The van der Waals surface area contributed by atoms with Crippen molar-refractivity contribution in [2.24, 2.45) is 0 Å². The Hall–Kier alpha value is -2.14. The van der Waals surface area contributed by atoms with Crippen LogP contribution in [-0.4, -0.2) is 9.55 Å². The second-order valence-electron chi connectivity index (χ2n) is 3.97. The van der Waals surface area contributed by atoms with Crippen LogP contribution >= 0.6 is 11.3 Å². The van der Waals surface area contributed by atoms with Crippen LogP contribution in [0.4, 0.5) is 0 Å². The maximum atomic E-state index is 12.2. The number of nitrogens with zero attached hydrogens (tertiary/aromatic N) is 1. The van der Waals surface area contributed by atoms with Gasteiger partial charge in [-0.25, -0.2) is 4.79 Å². The largest absolute Gasteiger partial charge is 0.329 e. The Morgan fingerprint density at radius 3 is 2.67 bits per heavy atom. The fourth-order valence-corrected chi connectivity index (χ4v) is 2.68. The summed E-state index contributed by atoms with van der Waals surface area (Å²) in [7, 11) is 0. The van der Waals surface area contributed by atoms with Gasteiger partial charge in [-0.1, -0.05) is 30.3 Å². The molecule has 3 rings (SSSR count). The van der Waals surface area contributed by atoms with E-state index in [1.54, 1.807) is 11.4 Å². The van der Waals surface area contributed by atoms with Gasteiger partial charge in [0.2, 0.25) is 0 Å². The highest BCUT2D eigenvalue weighted by molar-refractivity contribution is 7.17. The van der Waals surface area contributed by atoms with Gasteiger partial charge in [-0.2, -0.15) is 0 Å². The Morgan fingerprint density at radius 1 is 1.11 bits per heavy atom. The van der Waals surface area contributed by atoms with Gasteiger partial charge in [0, 0.05) is 0 Å². The van der Waals surface area contributed by atoms with Crippen molar-refractivity contribution >= 4 is 21.6 Å². The normalized spacial score (nSPS) is 10.9. The van der Waals surface area contributed by atoms with Gasteiger partial charge in [-0.3, -0.25) is 9.36 Å². The van der Waals surface area contributed by atoms with Crippen molar-refractivity contribution in [1.29, 1.82) is 0 Å². The quantitative estimate of drug-likeness (QED) is 0.762. The van der Waals surface area contributed by atoms with Crippen LogP contribution in [0.5, 0.6) is 0 Å². The molecule has 2 heterocycles. The van der Waals surface area contributed by atoms with Crippen molar-refractivity contribution < 1.29 is 0 Å². The van der Waals surface area contributed by atoms with E-state index in [1.807, 2.05) is 30.3 Å². The summed E-state index contributed by atoms with van der Waals surface area (Å²) in [6, 6.07) is 11.2. The minimum atomic E-state index is -0.366. The van der Waals surface area contributed by atoms with Gasteiger partial charge in [0.25, 0.3) is 5.56 Å². The number of H-pyrrole nitrogens is 1. The predicted molar refractivity (Wildman–Crippen MR) is 72.2 cm³/mol. The summed E-state index contributed by atoms with van der Waals surface area (Å²) in [6.45, 7) is 0.294. The molecule has 0 saturated heterocycles. The minimum Gasteiger partial charge on any atom is -0.306 e. The zero-order valence-electron chi connectivity index (χ0n) is 9.42. The molecule has 0 unspecified atom stereocenters. The van der Waals surface area contributed by atoms with Crippen molar-refractivity contribution in [3.63, 3.8) is 0 Å².